The molecule has 1 unspecified atom stereocenters. The number of Topliss-reactive ketones (excluding diaryl/α,β-unsaturated/α-hetero) is 1. The smallest absolute Gasteiger partial charge is 0.299 e. The average molecular weight is 280 g/mol. The lowest BCUT2D eigenvalue weighted by Crippen LogP contribution is -2.34. The van der Waals surface area contributed by atoms with Gasteiger partial charge in [-0.2, -0.15) is 0 Å². The summed E-state index contributed by atoms with van der Waals surface area (Å²) in [6, 6.07) is 5.04. The highest BCUT2D eigenvalue weighted by Gasteiger charge is 2.36. The molecule has 0 saturated carbocycles. The van der Waals surface area contributed by atoms with E-state index < -0.39 is 11.7 Å². The van der Waals surface area contributed by atoms with E-state index in [1.807, 2.05) is 0 Å². The molecule has 0 N–H and O–H groups in total. The van der Waals surface area contributed by atoms with Crippen LogP contribution >= 0.6 is 11.6 Å². The Balaban J connectivity index is 2.24. The van der Waals surface area contributed by atoms with Crippen molar-refractivity contribution in [1.82, 2.24) is 0 Å². The summed E-state index contributed by atoms with van der Waals surface area (Å²) in [7, 11) is 0. The second-order valence-electron chi connectivity index (χ2n) is 5.64. The zero-order valence-electron chi connectivity index (χ0n) is 11.4. The minimum absolute atomic E-state index is 0.360. The largest absolute Gasteiger partial charge is 0.304 e. The number of anilines is 1. The monoisotopic (exact) mass is 279 g/mol. The van der Waals surface area contributed by atoms with Crippen molar-refractivity contribution in [2.45, 2.75) is 27.2 Å². The molecule has 4 heteroatoms. The molecule has 1 heterocycles. The highest BCUT2D eigenvalue weighted by Crippen LogP contribution is 2.32. The molecule has 1 aliphatic rings. The van der Waals surface area contributed by atoms with Crippen LogP contribution in [0, 0.1) is 11.8 Å². The summed E-state index contributed by atoms with van der Waals surface area (Å²) < 4.78 is 0. The third kappa shape index (κ3) is 2.81. The zero-order chi connectivity index (χ0) is 14.2. The molecular weight excluding hydrogens is 262 g/mol. The minimum Gasteiger partial charge on any atom is -0.304 e. The van der Waals surface area contributed by atoms with Crippen LogP contribution in [-0.4, -0.2) is 18.2 Å². The highest BCUT2D eigenvalue weighted by molar-refractivity contribution is 6.52. The van der Waals surface area contributed by atoms with Gasteiger partial charge in [-0.05, 0) is 36.5 Å². The van der Waals surface area contributed by atoms with E-state index in [2.05, 4.69) is 20.8 Å². The maximum Gasteiger partial charge on any atom is 0.299 e. The topological polar surface area (TPSA) is 37.4 Å². The lowest BCUT2D eigenvalue weighted by atomic mass is 9.98. The summed E-state index contributed by atoms with van der Waals surface area (Å²) in [6.45, 7) is 6.99. The van der Waals surface area contributed by atoms with E-state index in [0.29, 0.717) is 34.7 Å². The second kappa shape index (κ2) is 5.33. The van der Waals surface area contributed by atoms with E-state index >= 15 is 0 Å². The van der Waals surface area contributed by atoms with Gasteiger partial charge in [0.15, 0.2) is 0 Å². The molecule has 102 valence electrons. The van der Waals surface area contributed by atoms with Crippen LogP contribution in [0.3, 0.4) is 0 Å². The summed E-state index contributed by atoms with van der Waals surface area (Å²) in [6.07, 6.45) is 1.03. The number of rotatable bonds is 4. The Labute approximate surface area is 118 Å². The quantitative estimate of drug-likeness (QED) is 0.791. The van der Waals surface area contributed by atoms with Crippen molar-refractivity contribution < 1.29 is 9.59 Å². The van der Waals surface area contributed by atoms with Crippen LogP contribution in [0.1, 0.15) is 37.6 Å². The predicted molar refractivity (Wildman–Crippen MR) is 76.8 cm³/mol. The lowest BCUT2D eigenvalue weighted by Gasteiger charge is -2.22. The van der Waals surface area contributed by atoms with E-state index in [4.69, 9.17) is 11.6 Å². The Kier molecular flexibility index (Phi) is 3.95. The Morgan fingerprint density at radius 1 is 1.21 bits per heavy atom. The molecule has 0 fully saturated rings. The van der Waals surface area contributed by atoms with Crippen molar-refractivity contribution >= 4 is 29.0 Å². The molecule has 0 radical (unpaired) electrons. The third-order valence-electron chi connectivity index (χ3n) is 3.30. The van der Waals surface area contributed by atoms with E-state index in [-0.39, 0.29) is 0 Å². The lowest BCUT2D eigenvalue weighted by molar-refractivity contribution is -0.114. The van der Waals surface area contributed by atoms with Crippen LogP contribution < -0.4 is 4.90 Å². The maximum absolute atomic E-state index is 12.0. The summed E-state index contributed by atoms with van der Waals surface area (Å²) >= 11 is 5.88. The second-order valence-corrected chi connectivity index (χ2v) is 6.08. The molecular formula is C15H18ClNO2. The first-order valence-corrected chi connectivity index (χ1v) is 6.93. The van der Waals surface area contributed by atoms with Gasteiger partial charge >= 0.3 is 0 Å². The molecule has 19 heavy (non-hydrogen) atoms. The van der Waals surface area contributed by atoms with Crippen molar-refractivity contribution in [3.63, 3.8) is 0 Å². The number of fused-ring (bicyclic) bond motifs is 1. The first-order chi connectivity index (χ1) is 8.90. The fourth-order valence-corrected chi connectivity index (χ4v) is 2.82. The Morgan fingerprint density at radius 3 is 2.53 bits per heavy atom. The van der Waals surface area contributed by atoms with Crippen LogP contribution in [0.2, 0.25) is 5.02 Å². The summed E-state index contributed by atoms with van der Waals surface area (Å²) in [4.78, 5) is 25.5. The van der Waals surface area contributed by atoms with Gasteiger partial charge in [-0.15, -0.1) is 0 Å². The highest BCUT2D eigenvalue weighted by atomic mass is 35.5. The van der Waals surface area contributed by atoms with E-state index in [1.165, 1.54) is 0 Å². The number of hydrogen-bond acceptors (Lipinski definition) is 2. The van der Waals surface area contributed by atoms with Crippen LogP contribution in [0.15, 0.2) is 18.2 Å². The first-order valence-electron chi connectivity index (χ1n) is 6.56. The number of hydrogen-bond donors (Lipinski definition) is 0. The number of amides is 1. The van der Waals surface area contributed by atoms with Crippen LogP contribution in [0.25, 0.3) is 0 Å². The van der Waals surface area contributed by atoms with Gasteiger partial charge in [0.1, 0.15) is 0 Å². The molecule has 0 bridgehead atoms. The normalized spacial score (nSPS) is 16.2. The fraction of sp³-hybridized carbons (Fsp3) is 0.467. The fourth-order valence-electron chi connectivity index (χ4n) is 2.64. The number of nitrogens with zero attached hydrogens (tertiary/aromatic N) is 1. The first kappa shape index (κ1) is 14.1. The molecule has 0 spiro atoms. The number of carbonyl (C=O) groups is 2. The Bertz CT molecular complexity index is 525. The van der Waals surface area contributed by atoms with Crippen LogP contribution in [0.5, 0.6) is 0 Å². The molecule has 2 rings (SSSR count). The van der Waals surface area contributed by atoms with E-state index in [1.54, 1.807) is 23.1 Å². The van der Waals surface area contributed by atoms with Crippen molar-refractivity contribution in [3.05, 3.63) is 28.8 Å². The number of carbonyl (C=O) groups excluding carboxylic acids is 2. The van der Waals surface area contributed by atoms with Crippen molar-refractivity contribution in [2.24, 2.45) is 11.8 Å². The summed E-state index contributed by atoms with van der Waals surface area (Å²) in [5.74, 6) is 0.0496. The summed E-state index contributed by atoms with van der Waals surface area (Å²) in [5.41, 5.74) is 1.12. The zero-order valence-corrected chi connectivity index (χ0v) is 12.2. The van der Waals surface area contributed by atoms with Gasteiger partial charge in [-0.25, -0.2) is 0 Å². The molecule has 1 atom stereocenters. The third-order valence-corrected chi connectivity index (χ3v) is 3.54. The molecule has 1 aliphatic heterocycles. The molecule has 1 aromatic rings. The van der Waals surface area contributed by atoms with E-state index in [9.17, 15) is 9.59 Å². The number of ketones is 1. The van der Waals surface area contributed by atoms with Gasteiger partial charge < -0.3 is 4.90 Å². The summed E-state index contributed by atoms with van der Waals surface area (Å²) in [5, 5.41) is 0.483. The number of halogens is 1. The molecule has 1 aromatic carbocycles. The Hall–Kier alpha value is -1.35. The molecule has 0 aliphatic carbocycles. The van der Waals surface area contributed by atoms with Gasteiger partial charge in [0, 0.05) is 11.6 Å². The van der Waals surface area contributed by atoms with Gasteiger partial charge in [-0.1, -0.05) is 32.4 Å². The average Bonchev–Trinajstić information content (AvgIpc) is 2.53. The molecule has 3 nitrogen and oxygen atoms in total. The molecule has 1 amide bonds. The van der Waals surface area contributed by atoms with Crippen molar-refractivity contribution in [2.75, 3.05) is 11.4 Å². The van der Waals surface area contributed by atoms with Gasteiger partial charge in [-0.3, -0.25) is 9.59 Å². The molecule has 0 aromatic heterocycles. The van der Waals surface area contributed by atoms with Crippen LogP contribution in [-0.2, 0) is 4.79 Å². The Morgan fingerprint density at radius 2 is 1.89 bits per heavy atom. The van der Waals surface area contributed by atoms with Crippen molar-refractivity contribution in [1.29, 1.82) is 0 Å². The number of benzene rings is 1. The molecule has 0 saturated heterocycles. The minimum atomic E-state index is -0.450. The van der Waals surface area contributed by atoms with Gasteiger partial charge in [0.2, 0.25) is 0 Å². The van der Waals surface area contributed by atoms with Crippen LogP contribution in [0.4, 0.5) is 5.69 Å². The van der Waals surface area contributed by atoms with Gasteiger partial charge in [0.25, 0.3) is 11.7 Å². The van der Waals surface area contributed by atoms with E-state index in [0.717, 1.165) is 6.42 Å². The SMILES string of the molecule is CC(C)CC(C)CN1C(=O)C(=O)c2cc(Cl)ccc21. The maximum atomic E-state index is 12.0. The van der Waals surface area contributed by atoms with Gasteiger partial charge in [0.05, 0.1) is 11.3 Å². The predicted octanol–water partition coefficient (Wildman–Crippen LogP) is 3.55. The standard InChI is InChI=1S/C15H18ClNO2/c1-9(2)6-10(3)8-17-13-5-4-11(16)7-12(13)14(18)15(17)19/h4-5,7,9-10H,6,8H2,1-3H3. The van der Waals surface area contributed by atoms with Crippen molar-refractivity contribution in [3.8, 4) is 0 Å².